The molecule has 0 atom stereocenters. The molecule has 0 saturated carbocycles. The van der Waals surface area contributed by atoms with E-state index in [4.69, 9.17) is 11.6 Å². The van der Waals surface area contributed by atoms with E-state index in [0.29, 0.717) is 12.8 Å². The monoisotopic (exact) mass is 430 g/mol. The Balaban J connectivity index is 1.86. The maximum atomic E-state index is 14.2. The van der Waals surface area contributed by atoms with Gasteiger partial charge in [-0.1, -0.05) is 11.6 Å². The van der Waals surface area contributed by atoms with Gasteiger partial charge in [0, 0.05) is 18.8 Å². The first-order valence-electron chi connectivity index (χ1n) is 8.42. The van der Waals surface area contributed by atoms with Crippen molar-refractivity contribution in [1.29, 1.82) is 0 Å². The van der Waals surface area contributed by atoms with E-state index in [1.807, 2.05) is 0 Å². The number of benzene rings is 2. The Morgan fingerprint density at radius 2 is 1.75 bits per heavy atom. The number of hydrogen-bond donors (Lipinski definition) is 2. The van der Waals surface area contributed by atoms with Crippen LogP contribution in [0.1, 0.15) is 23.2 Å². The molecule has 0 unspecified atom stereocenters. The minimum atomic E-state index is -3.94. The fourth-order valence-corrected chi connectivity index (χ4v) is 4.52. The molecule has 3 rings (SSSR count). The second-order valence-corrected chi connectivity index (χ2v) is 8.71. The first-order chi connectivity index (χ1) is 13.2. The molecule has 0 spiro atoms. The van der Waals surface area contributed by atoms with Crippen molar-refractivity contribution >= 4 is 33.2 Å². The number of amides is 1. The molecule has 2 aromatic carbocycles. The van der Waals surface area contributed by atoms with E-state index in [-0.39, 0.29) is 28.7 Å². The summed E-state index contributed by atoms with van der Waals surface area (Å²) in [4.78, 5) is 12.2. The quantitative estimate of drug-likeness (QED) is 0.780. The normalized spacial score (nSPS) is 16.1. The molecule has 0 aromatic heterocycles. The lowest BCUT2D eigenvalue weighted by Crippen LogP contribution is -2.40. The number of nitrogens with zero attached hydrogens (tertiary/aromatic N) is 1. The smallest absolute Gasteiger partial charge is 0.258 e. The highest BCUT2D eigenvalue weighted by Gasteiger charge is 2.29. The van der Waals surface area contributed by atoms with Crippen LogP contribution in [-0.4, -0.2) is 42.9 Å². The highest BCUT2D eigenvalue weighted by Crippen LogP contribution is 2.24. The summed E-state index contributed by atoms with van der Waals surface area (Å²) >= 11 is 5.65. The number of rotatable bonds is 4. The molecule has 0 radical (unpaired) electrons. The number of halogens is 3. The van der Waals surface area contributed by atoms with Crippen LogP contribution in [0.15, 0.2) is 41.3 Å². The highest BCUT2D eigenvalue weighted by molar-refractivity contribution is 7.89. The van der Waals surface area contributed by atoms with E-state index in [2.05, 4.69) is 5.32 Å². The largest absolute Gasteiger partial charge is 0.393 e. The highest BCUT2D eigenvalue weighted by atomic mass is 35.5. The topological polar surface area (TPSA) is 86.7 Å². The summed E-state index contributed by atoms with van der Waals surface area (Å²) in [6.07, 6.45) is 0.0570. The zero-order valence-corrected chi connectivity index (χ0v) is 16.1. The fourth-order valence-electron chi connectivity index (χ4n) is 2.84. The van der Waals surface area contributed by atoms with Gasteiger partial charge in [-0.25, -0.2) is 17.2 Å². The van der Waals surface area contributed by atoms with E-state index in [0.717, 1.165) is 30.3 Å². The van der Waals surface area contributed by atoms with Gasteiger partial charge in [-0.3, -0.25) is 4.79 Å². The predicted molar refractivity (Wildman–Crippen MR) is 99.8 cm³/mol. The second kappa shape index (κ2) is 8.12. The van der Waals surface area contributed by atoms with Gasteiger partial charge in [0.2, 0.25) is 10.0 Å². The molecule has 1 amide bonds. The van der Waals surface area contributed by atoms with Crippen LogP contribution in [0.25, 0.3) is 0 Å². The van der Waals surface area contributed by atoms with Crippen molar-refractivity contribution in [2.75, 3.05) is 18.4 Å². The van der Waals surface area contributed by atoms with Gasteiger partial charge in [-0.2, -0.15) is 4.31 Å². The van der Waals surface area contributed by atoms with Gasteiger partial charge >= 0.3 is 0 Å². The number of nitrogens with one attached hydrogen (secondary N) is 1. The lowest BCUT2D eigenvalue weighted by molar-refractivity contribution is 0.102. The van der Waals surface area contributed by atoms with Crippen LogP contribution >= 0.6 is 11.6 Å². The molecule has 1 aliphatic rings. The first kappa shape index (κ1) is 20.7. The van der Waals surface area contributed by atoms with Crippen molar-refractivity contribution in [1.82, 2.24) is 4.31 Å². The molecule has 1 fully saturated rings. The molecule has 1 heterocycles. The zero-order chi connectivity index (χ0) is 20.5. The van der Waals surface area contributed by atoms with Crippen LogP contribution in [-0.2, 0) is 10.0 Å². The molecule has 1 aliphatic heterocycles. The van der Waals surface area contributed by atoms with Gasteiger partial charge in [0.25, 0.3) is 5.91 Å². The van der Waals surface area contributed by atoms with Crippen LogP contribution in [0.2, 0.25) is 5.02 Å². The third kappa shape index (κ3) is 4.33. The molecule has 6 nitrogen and oxygen atoms in total. The molecule has 2 aromatic rings. The molecule has 28 heavy (non-hydrogen) atoms. The van der Waals surface area contributed by atoms with Gasteiger partial charge in [-0.15, -0.1) is 0 Å². The van der Waals surface area contributed by atoms with E-state index in [1.54, 1.807) is 0 Å². The number of aliphatic hydroxyl groups excluding tert-OH is 1. The number of anilines is 1. The Morgan fingerprint density at radius 3 is 2.39 bits per heavy atom. The minimum Gasteiger partial charge on any atom is -0.393 e. The number of carbonyl (C=O) groups is 1. The molecule has 10 heteroatoms. The average Bonchev–Trinajstić information content (AvgIpc) is 2.65. The summed E-state index contributed by atoms with van der Waals surface area (Å²) in [5, 5.41) is 11.7. The molecule has 2 N–H and O–H groups in total. The summed E-state index contributed by atoms with van der Waals surface area (Å²) in [5.74, 6) is -2.48. The van der Waals surface area contributed by atoms with Crippen LogP contribution in [0.3, 0.4) is 0 Å². The van der Waals surface area contributed by atoms with E-state index >= 15 is 0 Å². The lowest BCUT2D eigenvalue weighted by Gasteiger charge is -2.28. The Hall–Kier alpha value is -2.07. The second-order valence-electron chi connectivity index (χ2n) is 6.36. The summed E-state index contributed by atoms with van der Waals surface area (Å²) in [5.41, 5.74) is -0.340. The van der Waals surface area contributed by atoms with E-state index in [1.165, 1.54) is 10.4 Å². The lowest BCUT2D eigenvalue weighted by atomic mass is 10.1. The van der Waals surface area contributed by atoms with E-state index in [9.17, 15) is 27.1 Å². The number of aliphatic hydroxyl groups is 1. The Bertz CT molecular complexity index is 1010. The third-order valence-corrected chi connectivity index (χ3v) is 6.61. The van der Waals surface area contributed by atoms with Crippen molar-refractivity contribution in [3.8, 4) is 0 Å². The van der Waals surface area contributed by atoms with E-state index < -0.39 is 39.2 Å². The van der Waals surface area contributed by atoms with Crippen LogP contribution in [0, 0.1) is 11.6 Å². The Morgan fingerprint density at radius 1 is 1.11 bits per heavy atom. The summed E-state index contributed by atoms with van der Waals surface area (Å²) in [6.45, 7) is 0.271. The van der Waals surface area contributed by atoms with Crippen LogP contribution in [0.5, 0.6) is 0 Å². The van der Waals surface area contributed by atoms with Crippen molar-refractivity contribution in [2.24, 2.45) is 0 Å². The predicted octanol–water partition coefficient (Wildman–Crippen LogP) is 3.02. The standard InChI is InChI=1S/C18H17ClF2N2O4S/c19-15-9-11(1-3-17(15)21)22-18(25)14-10-13(2-4-16(14)20)28(26,27)23-7-5-12(24)6-8-23/h1-4,9-10,12,24H,5-8H2,(H,22,25). The third-order valence-electron chi connectivity index (χ3n) is 4.42. The fraction of sp³-hybridized carbons (Fsp3) is 0.278. The summed E-state index contributed by atoms with van der Waals surface area (Å²) < 4.78 is 54.1. The number of piperidine rings is 1. The Kier molecular flexibility index (Phi) is 5.99. The van der Waals surface area contributed by atoms with Crippen molar-refractivity contribution in [3.05, 3.63) is 58.6 Å². The van der Waals surface area contributed by atoms with Crippen molar-refractivity contribution in [3.63, 3.8) is 0 Å². The molecule has 150 valence electrons. The molecule has 1 saturated heterocycles. The van der Waals surface area contributed by atoms with Crippen LogP contribution in [0.4, 0.5) is 14.5 Å². The SMILES string of the molecule is O=C(Nc1ccc(F)c(Cl)c1)c1cc(S(=O)(=O)N2CCC(O)CC2)ccc1F. The summed E-state index contributed by atoms with van der Waals surface area (Å²) in [7, 11) is -3.94. The van der Waals surface area contributed by atoms with Gasteiger partial charge in [0.15, 0.2) is 0 Å². The van der Waals surface area contributed by atoms with Gasteiger partial charge in [-0.05, 0) is 49.2 Å². The summed E-state index contributed by atoms with van der Waals surface area (Å²) in [6, 6.07) is 6.39. The average molecular weight is 431 g/mol. The minimum absolute atomic E-state index is 0.133. The number of hydrogen-bond acceptors (Lipinski definition) is 4. The maximum Gasteiger partial charge on any atom is 0.258 e. The van der Waals surface area contributed by atoms with Gasteiger partial charge in [0.1, 0.15) is 11.6 Å². The maximum absolute atomic E-state index is 14.2. The van der Waals surface area contributed by atoms with Crippen LogP contribution < -0.4 is 5.32 Å². The molecule has 0 aliphatic carbocycles. The molecule has 0 bridgehead atoms. The Labute approximate surface area is 165 Å². The van der Waals surface area contributed by atoms with Crippen molar-refractivity contribution < 1.29 is 27.1 Å². The number of carbonyl (C=O) groups excluding carboxylic acids is 1. The van der Waals surface area contributed by atoms with Gasteiger partial charge < -0.3 is 10.4 Å². The van der Waals surface area contributed by atoms with Crippen molar-refractivity contribution in [2.45, 2.75) is 23.8 Å². The number of sulfonamides is 1. The zero-order valence-electron chi connectivity index (χ0n) is 14.5. The first-order valence-corrected chi connectivity index (χ1v) is 10.2. The molecular formula is C18H17ClF2N2O4S. The van der Waals surface area contributed by atoms with Gasteiger partial charge in [0.05, 0.1) is 21.6 Å². The molecular weight excluding hydrogens is 414 g/mol.